The molecule has 0 spiro atoms. The highest BCUT2D eigenvalue weighted by molar-refractivity contribution is 5.92. The van der Waals surface area contributed by atoms with E-state index in [9.17, 15) is 4.79 Å². The van der Waals surface area contributed by atoms with Crippen molar-refractivity contribution in [2.45, 2.75) is 45.6 Å². The number of carbonyl (C=O) groups excluding carboxylic acids is 1. The number of carbonyl (C=O) groups is 1. The van der Waals surface area contributed by atoms with Crippen molar-refractivity contribution in [1.82, 2.24) is 20.4 Å². The van der Waals surface area contributed by atoms with Gasteiger partial charge in [-0.05, 0) is 50.1 Å². The quantitative estimate of drug-likeness (QED) is 0.679. The molecule has 0 bridgehead atoms. The summed E-state index contributed by atoms with van der Waals surface area (Å²) in [7, 11) is 0. The fraction of sp³-hybridized carbons (Fsp3) is 0.765. The van der Waals surface area contributed by atoms with E-state index in [0.29, 0.717) is 30.1 Å². The lowest BCUT2D eigenvalue weighted by atomic mass is 9.94. The normalized spacial score (nSPS) is 19.7. The molecule has 2 heterocycles. The van der Waals surface area contributed by atoms with Gasteiger partial charge >= 0.3 is 0 Å². The molecule has 0 aromatic carbocycles. The molecule has 0 saturated carbocycles. The lowest BCUT2D eigenvalue weighted by Gasteiger charge is -2.22. The Bertz CT molecular complexity index is 481. The highest BCUT2D eigenvalue weighted by atomic mass is 16.3. The van der Waals surface area contributed by atoms with Crippen molar-refractivity contribution in [3.8, 4) is 0 Å². The van der Waals surface area contributed by atoms with Gasteiger partial charge < -0.3 is 15.7 Å². The molecule has 1 aliphatic rings. The van der Waals surface area contributed by atoms with Gasteiger partial charge in [0.15, 0.2) is 0 Å². The zero-order chi connectivity index (χ0) is 16.7. The molecular weight excluding hydrogens is 292 g/mol. The molecule has 1 aliphatic heterocycles. The molecule has 6 heteroatoms. The predicted molar refractivity (Wildman–Crippen MR) is 90.3 cm³/mol. The molecule has 3 N–H and O–H groups in total. The second kappa shape index (κ2) is 9.03. The van der Waals surface area contributed by atoms with Crippen LogP contribution in [0.2, 0.25) is 0 Å². The molecule has 23 heavy (non-hydrogen) atoms. The minimum atomic E-state index is -0.126. The smallest absolute Gasteiger partial charge is 0.271 e. The van der Waals surface area contributed by atoms with Crippen LogP contribution in [0, 0.1) is 11.8 Å². The third-order valence-corrected chi connectivity index (χ3v) is 4.38. The van der Waals surface area contributed by atoms with Gasteiger partial charge in [-0.2, -0.15) is 5.10 Å². The molecule has 130 valence electrons. The first kappa shape index (κ1) is 17.9. The van der Waals surface area contributed by atoms with Crippen LogP contribution in [0.4, 0.5) is 0 Å². The van der Waals surface area contributed by atoms with Gasteiger partial charge in [-0.15, -0.1) is 0 Å². The molecular formula is C17H30N4O2. The fourth-order valence-corrected chi connectivity index (χ4v) is 3.20. The Labute approximate surface area is 138 Å². The van der Waals surface area contributed by atoms with Crippen molar-refractivity contribution in [2.24, 2.45) is 11.8 Å². The summed E-state index contributed by atoms with van der Waals surface area (Å²) < 4.78 is 1.90. The van der Waals surface area contributed by atoms with E-state index in [1.54, 1.807) is 6.07 Å². The second-order valence-electron chi connectivity index (χ2n) is 6.90. The first-order chi connectivity index (χ1) is 11.1. The maximum absolute atomic E-state index is 12.3. The standard InChI is InChI=1S/C17H30N4O2/c1-13(2)10-14(6-9-22)11-19-17(23)16-5-8-21(20-16)15-4-3-7-18-12-15/h5,8,13-15,18,22H,3-4,6-7,9-12H2,1-2H3,(H,19,23). The molecule has 2 rings (SSSR count). The Morgan fingerprint density at radius 1 is 1.57 bits per heavy atom. The van der Waals surface area contributed by atoms with Crippen LogP contribution in [-0.4, -0.2) is 47.0 Å². The van der Waals surface area contributed by atoms with E-state index in [1.165, 1.54) is 0 Å². The third-order valence-electron chi connectivity index (χ3n) is 4.38. The number of nitrogens with zero attached hydrogens (tertiary/aromatic N) is 2. The van der Waals surface area contributed by atoms with Crippen molar-refractivity contribution in [3.63, 3.8) is 0 Å². The van der Waals surface area contributed by atoms with Crippen LogP contribution >= 0.6 is 0 Å². The molecule has 0 aliphatic carbocycles. The van der Waals surface area contributed by atoms with E-state index in [-0.39, 0.29) is 12.5 Å². The number of aliphatic hydroxyl groups excluding tert-OH is 1. The Morgan fingerprint density at radius 3 is 3.04 bits per heavy atom. The largest absolute Gasteiger partial charge is 0.396 e. The number of hydrogen-bond acceptors (Lipinski definition) is 4. The number of amides is 1. The average molecular weight is 322 g/mol. The van der Waals surface area contributed by atoms with Crippen LogP contribution in [0.1, 0.15) is 56.1 Å². The van der Waals surface area contributed by atoms with Gasteiger partial charge in [0, 0.05) is 25.9 Å². The van der Waals surface area contributed by atoms with Crippen molar-refractivity contribution in [3.05, 3.63) is 18.0 Å². The Balaban J connectivity index is 1.86. The lowest BCUT2D eigenvalue weighted by Crippen LogP contribution is -2.33. The van der Waals surface area contributed by atoms with Gasteiger partial charge in [0.05, 0.1) is 6.04 Å². The molecule has 2 unspecified atom stereocenters. The molecule has 1 fully saturated rings. The number of aliphatic hydroxyl groups is 1. The van der Waals surface area contributed by atoms with E-state index >= 15 is 0 Å². The Kier molecular flexibility index (Phi) is 7.05. The maximum atomic E-state index is 12.3. The van der Waals surface area contributed by atoms with E-state index in [2.05, 4.69) is 29.6 Å². The summed E-state index contributed by atoms with van der Waals surface area (Å²) in [6, 6.07) is 2.13. The minimum absolute atomic E-state index is 0.126. The molecule has 1 amide bonds. The SMILES string of the molecule is CC(C)CC(CCO)CNC(=O)c1ccn(C2CCCNC2)n1. The fourth-order valence-electron chi connectivity index (χ4n) is 3.20. The Hall–Kier alpha value is -1.40. The monoisotopic (exact) mass is 322 g/mol. The maximum Gasteiger partial charge on any atom is 0.271 e. The van der Waals surface area contributed by atoms with E-state index < -0.39 is 0 Å². The highest BCUT2D eigenvalue weighted by Gasteiger charge is 2.18. The summed E-state index contributed by atoms with van der Waals surface area (Å²) in [5.74, 6) is 0.745. The lowest BCUT2D eigenvalue weighted by molar-refractivity contribution is 0.0935. The summed E-state index contributed by atoms with van der Waals surface area (Å²) in [6.45, 7) is 7.05. The summed E-state index contributed by atoms with van der Waals surface area (Å²) in [5.41, 5.74) is 0.475. The van der Waals surface area contributed by atoms with Gasteiger partial charge in [0.25, 0.3) is 5.91 Å². The van der Waals surface area contributed by atoms with Crippen molar-refractivity contribution < 1.29 is 9.90 Å². The van der Waals surface area contributed by atoms with Gasteiger partial charge in [-0.25, -0.2) is 0 Å². The number of piperidine rings is 1. The van der Waals surface area contributed by atoms with Crippen LogP contribution in [-0.2, 0) is 0 Å². The number of hydrogen-bond donors (Lipinski definition) is 3. The molecule has 1 saturated heterocycles. The first-order valence-corrected chi connectivity index (χ1v) is 8.75. The third kappa shape index (κ3) is 5.62. The summed E-state index contributed by atoms with van der Waals surface area (Å²) >= 11 is 0. The molecule has 6 nitrogen and oxygen atoms in total. The van der Waals surface area contributed by atoms with Crippen LogP contribution in [0.3, 0.4) is 0 Å². The van der Waals surface area contributed by atoms with Gasteiger partial charge in [0.1, 0.15) is 5.69 Å². The molecule has 1 aromatic rings. The summed E-state index contributed by atoms with van der Waals surface area (Å²) in [4.78, 5) is 12.3. The zero-order valence-electron chi connectivity index (χ0n) is 14.3. The number of aromatic nitrogens is 2. The van der Waals surface area contributed by atoms with Gasteiger partial charge in [-0.3, -0.25) is 9.48 Å². The van der Waals surface area contributed by atoms with Crippen molar-refractivity contribution in [2.75, 3.05) is 26.2 Å². The topological polar surface area (TPSA) is 79.2 Å². The van der Waals surface area contributed by atoms with Gasteiger partial charge in [0.2, 0.25) is 0 Å². The van der Waals surface area contributed by atoms with Crippen LogP contribution in [0.25, 0.3) is 0 Å². The van der Waals surface area contributed by atoms with Crippen LogP contribution in [0.5, 0.6) is 0 Å². The van der Waals surface area contributed by atoms with E-state index in [1.807, 2.05) is 10.9 Å². The summed E-state index contributed by atoms with van der Waals surface area (Å²) in [6.07, 6.45) is 5.86. The van der Waals surface area contributed by atoms with Crippen LogP contribution in [0.15, 0.2) is 12.3 Å². The Morgan fingerprint density at radius 2 is 2.39 bits per heavy atom. The van der Waals surface area contributed by atoms with Gasteiger partial charge in [-0.1, -0.05) is 13.8 Å². The first-order valence-electron chi connectivity index (χ1n) is 8.75. The number of nitrogens with one attached hydrogen (secondary N) is 2. The molecule has 0 radical (unpaired) electrons. The average Bonchev–Trinajstić information content (AvgIpc) is 3.03. The highest BCUT2D eigenvalue weighted by Crippen LogP contribution is 2.16. The second-order valence-corrected chi connectivity index (χ2v) is 6.90. The van der Waals surface area contributed by atoms with Crippen molar-refractivity contribution in [1.29, 1.82) is 0 Å². The summed E-state index contributed by atoms with van der Waals surface area (Å²) in [5, 5.41) is 19.9. The molecule has 1 aromatic heterocycles. The zero-order valence-corrected chi connectivity index (χ0v) is 14.3. The number of rotatable bonds is 8. The predicted octanol–water partition coefficient (Wildman–Crippen LogP) is 1.58. The van der Waals surface area contributed by atoms with Crippen LogP contribution < -0.4 is 10.6 Å². The van der Waals surface area contributed by atoms with Crippen molar-refractivity contribution >= 4 is 5.91 Å². The molecule has 2 atom stereocenters. The van der Waals surface area contributed by atoms with E-state index in [4.69, 9.17) is 5.11 Å². The minimum Gasteiger partial charge on any atom is -0.396 e. The van der Waals surface area contributed by atoms with E-state index in [0.717, 1.165) is 38.8 Å².